The summed E-state index contributed by atoms with van der Waals surface area (Å²) in [5.41, 5.74) is 5.82. The van der Waals surface area contributed by atoms with Crippen molar-refractivity contribution in [3.05, 3.63) is 11.1 Å². The van der Waals surface area contributed by atoms with Crippen molar-refractivity contribution in [3.8, 4) is 0 Å². The highest BCUT2D eigenvalue weighted by molar-refractivity contribution is 8.02. The number of carbonyl (C=O) groups is 1. The van der Waals surface area contributed by atoms with Crippen LogP contribution in [-0.2, 0) is 0 Å². The van der Waals surface area contributed by atoms with Crippen LogP contribution in [0.15, 0.2) is 6.20 Å². The van der Waals surface area contributed by atoms with Crippen LogP contribution >= 0.6 is 35.5 Å². The normalized spacial score (nSPS) is 18.6. The van der Waals surface area contributed by atoms with Gasteiger partial charge in [0.05, 0.1) is 15.9 Å². The van der Waals surface area contributed by atoms with Crippen molar-refractivity contribution in [2.24, 2.45) is 5.73 Å². The molecule has 1 aromatic heterocycles. The van der Waals surface area contributed by atoms with Crippen LogP contribution < -0.4 is 5.73 Å². The smallest absolute Gasteiger partial charge is 0.267 e. The van der Waals surface area contributed by atoms with Crippen molar-refractivity contribution in [2.75, 3.05) is 19.3 Å². The summed E-state index contributed by atoms with van der Waals surface area (Å²) in [5, 5.41) is 3.69. The number of thioether (sulfide) groups is 1. The van der Waals surface area contributed by atoms with Gasteiger partial charge in [-0.1, -0.05) is 16.7 Å². The lowest BCUT2D eigenvalue weighted by molar-refractivity contribution is 0.0723. The summed E-state index contributed by atoms with van der Waals surface area (Å²) in [7, 11) is 0. The zero-order chi connectivity index (χ0) is 13.2. The van der Waals surface area contributed by atoms with Gasteiger partial charge in [0.15, 0.2) is 0 Å². The molecule has 0 spiro atoms. The Bertz CT molecular complexity index is 440. The summed E-state index contributed by atoms with van der Waals surface area (Å²) >= 11 is 7.96. The number of amides is 1. The number of likely N-dealkylation sites (tertiary alicyclic amines) is 1. The molecule has 1 aliphatic heterocycles. The zero-order valence-electron chi connectivity index (χ0n) is 9.96. The predicted molar refractivity (Wildman–Crippen MR) is 78.1 cm³/mol. The van der Waals surface area contributed by atoms with E-state index < -0.39 is 0 Å². The fraction of sp³-hybridized carbons (Fsp3) is 0.600. The summed E-state index contributed by atoms with van der Waals surface area (Å²) < 4.78 is 3.56. The number of aromatic nitrogens is 2. The lowest BCUT2D eigenvalue weighted by Gasteiger charge is -2.39. The van der Waals surface area contributed by atoms with Gasteiger partial charge < -0.3 is 10.6 Å². The van der Waals surface area contributed by atoms with E-state index in [9.17, 15) is 4.79 Å². The molecular formula is C10H14N4OS3. The van der Waals surface area contributed by atoms with E-state index in [1.165, 1.54) is 6.20 Å². The van der Waals surface area contributed by atoms with Crippen molar-refractivity contribution in [1.29, 1.82) is 0 Å². The van der Waals surface area contributed by atoms with Crippen LogP contribution in [0.25, 0.3) is 0 Å². The quantitative estimate of drug-likeness (QED) is 0.845. The predicted octanol–water partition coefficient (Wildman–Crippen LogP) is 1.16. The van der Waals surface area contributed by atoms with Crippen LogP contribution in [0.4, 0.5) is 0 Å². The largest absolute Gasteiger partial charge is 0.392 e. The molecular weight excluding hydrogens is 288 g/mol. The van der Waals surface area contributed by atoms with Crippen LogP contribution in [0.1, 0.15) is 22.5 Å². The van der Waals surface area contributed by atoms with Gasteiger partial charge in [0.1, 0.15) is 4.88 Å². The van der Waals surface area contributed by atoms with Crippen molar-refractivity contribution in [1.82, 2.24) is 14.5 Å². The molecule has 2 rings (SSSR count). The topological polar surface area (TPSA) is 72.1 Å². The molecule has 1 saturated heterocycles. The molecule has 0 atom stereocenters. The van der Waals surface area contributed by atoms with Crippen molar-refractivity contribution < 1.29 is 4.79 Å². The van der Waals surface area contributed by atoms with E-state index in [4.69, 9.17) is 18.0 Å². The third-order valence-corrected chi connectivity index (χ3v) is 5.85. The van der Waals surface area contributed by atoms with Gasteiger partial charge in [-0.25, -0.2) is 0 Å². The highest BCUT2D eigenvalue weighted by Gasteiger charge is 2.38. The van der Waals surface area contributed by atoms with Crippen LogP contribution in [0.5, 0.6) is 0 Å². The Morgan fingerprint density at radius 3 is 2.72 bits per heavy atom. The summed E-state index contributed by atoms with van der Waals surface area (Å²) in [4.78, 5) is 15.1. The summed E-state index contributed by atoms with van der Waals surface area (Å²) in [6, 6.07) is 0. The van der Waals surface area contributed by atoms with E-state index in [0.717, 1.165) is 24.4 Å². The minimum Gasteiger partial charge on any atom is -0.392 e. The number of hydrogen-bond donors (Lipinski definition) is 1. The van der Waals surface area contributed by atoms with E-state index in [0.29, 0.717) is 23.0 Å². The maximum atomic E-state index is 12.1. The molecule has 2 heterocycles. The van der Waals surface area contributed by atoms with Gasteiger partial charge in [-0.2, -0.15) is 11.8 Å². The Labute approximate surface area is 119 Å². The molecule has 0 unspecified atom stereocenters. The number of carbonyl (C=O) groups excluding carboxylic acids is 1. The molecule has 8 heteroatoms. The Morgan fingerprint density at radius 2 is 2.28 bits per heavy atom. The molecule has 0 aromatic carbocycles. The monoisotopic (exact) mass is 302 g/mol. The third-order valence-electron chi connectivity index (χ3n) is 3.27. The van der Waals surface area contributed by atoms with Gasteiger partial charge in [0, 0.05) is 13.1 Å². The number of nitrogens with two attached hydrogens (primary N) is 1. The molecule has 2 N–H and O–H groups in total. The Hall–Kier alpha value is -0.730. The Balaban J connectivity index is 2.02. The van der Waals surface area contributed by atoms with Gasteiger partial charge in [0.2, 0.25) is 0 Å². The number of hydrogen-bond acceptors (Lipinski definition) is 6. The van der Waals surface area contributed by atoms with Crippen LogP contribution in [0, 0.1) is 0 Å². The molecule has 0 aliphatic carbocycles. The Kier molecular flexibility index (Phi) is 4.18. The van der Waals surface area contributed by atoms with E-state index >= 15 is 0 Å². The summed E-state index contributed by atoms with van der Waals surface area (Å²) in [5.74, 6) is 0.00245. The summed E-state index contributed by atoms with van der Waals surface area (Å²) in [6.45, 7) is 1.35. The lowest BCUT2D eigenvalue weighted by Crippen LogP contribution is -2.50. The number of nitrogens with zero attached hydrogens (tertiary/aromatic N) is 3. The highest BCUT2D eigenvalue weighted by Crippen LogP contribution is 2.35. The molecule has 5 nitrogen and oxygen atoms in total. The van der Waals surface area contributed by atoms with Crippen molar-refractivity contribution >= 4 is 46.4 Å². The first-order valence-corrected chi connectivity index (χ1v) is 7.91. The van der Waals surface area contributed by atoms with Crippen molar-refractivity contribution in [2.45, 2.75) is 17.6 Å². The minimum atomic E-state index is -0.155. The first-order valence-electron chi connectivity index (χ1n) is 5.51. The van der Waals surface area contributed by atoms with Gasteiger partial charge >= 0.3 is 0 Å². The van der Waals surface area contributed by atoms with Gasteiger partial charge in [-0.05, 0) is 30.6 Å². The van der Waals surface area contributed by atoms with Crippen LogP contribution in [-0.4, -0.2) is 49.5 Å². The molecule has 1 amide bonds. The van der Waals surface area contributed by atoms with Crippen LogP contribution in [0.3, 0.4) is 0 Å². The second-order valence-corrected chi connectivity index (χ2v) is 6.55. The fourth-order valence-corrected chi connectivity index (χ4v) is 3.77. The number of piperidine rings is 1. The van der Waals surface area contributed by atoms with E-state index in [1.54, 1.807) is 11.8 Å². The highest BCUT2D eigenvalue weighted by atomic mass is 32.2. The van der Waals surface area contributed by atoms with Crippen LogP contribution in [0.2, 0.25) is 0 Å². The molecule has 98 valence electrons. The maximum absolute atomic E-state index is 12.1. The first-order chi connectivity index (χ1) is 8.59. The molecule has 1 aromatic rings. The third kappa shape index (κ3) is 2.50. The Morgan fingerprint density at radius 1 is 1.61 bits per heavy atom. The number of thiocarbonyl (C=S) groups is 1. The van der Waals surface area contributed by atoms with E-state index in [2.05, 4.69) is 9.59 Å². The molecule has 1 aliphatic rings. The molecule has 1 fully saturated rings. The second kappa shape index (κ2) is 5.50. The summed E-state index contributed by atoms with van der Waals surface area (Å²) in [6.07, 6.45) is 5.14. The molecule has 0 saturated carbocycles. The number of rotatable bonds is 3. The average molecular weight is 302 g/mol. The standard InChI is InChI=1S/C10H14N4OS3/c1-17-10(9(11)16)2-4-14(5-3-10)8(15)7-6-12-13-18-7/h6H,2-5H2,1H3,(H2,11,16). The van der Waals surface area contributed by atoms with Gasteiger partial charge in [-0.3, -0.25) is 4.79 Å². The van der Waals surface area contributed by atoms with Gasteiger partial charge in [-0.15, -0.1) is 5.10 Å². The van der Waals surface area contributed by atoms with Gasteiger partial charge in [0.25, 0.3) is 5.91 Å². The van der Waals surface area contributed by atoms with E-state index in [-0.39, 0.29) is 10.7 Å². The minimum absolute atomic E-state index is 0.00245. The molecule has 18 heavy (non-hydrogen) atoms. The second-order valence-electron chi connectivity index (χ2n) is 4.14. The molecule has 0 radical (unpaired) electrons. The average Bonchev–Trinajstić information content (AvgIpc) is 2.91. The fourth-order valence-electron chi connectivity index (χ4n) is 2.04. The van der Waals surface area contributed by atoms with Crippen molar-refractivity contribution in [3.63, 3.8) is 0 Å². The zero-order valence-corrected chi connectivity index (χ0v) is 12.4. The SMILES string of the molecule is CSC1(C(N)=S)CCN(C(=O)c2cnns2)CC1. The lowest BCUT2D eigenvalue weighted by atomic mass is 9.95. The maximum Gasteiger partial charge on any atom is 0.267 e. The first kappa shape index (κ1) is 13.7. The molecule has 0 bridgehead atoms. The van der Waals surface area contributed by atoms with E-state index in [1.807, 2.05) is 11.2 Å².